The van der Waals surface area contributed by atoms with Gasteiger partial charge in [-0.15, -0.1) is 0 Å². The summed E-state index contributed by atoms with van der Waals surface area (Å²) in [5.74, 6) is 2.09. The summed E-state index contributed by atoms with van der Waals surface area (Å²) in [4.78, 5) is 0. The van der Waals surface area contributed by atoms with Gasteiger partial charge in [0.2, 0.25) is 0 Å². The third-order valence-electron chi connectivity index (χ3n) is 5.76. The van der Waals surface area contributed by atoms with Gasteiger partial charge in [-0.1, -0.05) is 60.7 Å². The number of ether oxygens (including phenoxy) is 1. The molecule has 152 valence electrons. The van der Waals surface area contributed by atoms with Crippen LogP contribution in [0, 0.1) is 0 Å². The molecule has 4 heteroatoms. The van der Waals surface area contributed by atoms with Crippen molar-refractivity contribution >= 4 is 0 Å². The van der Waals surface area contributed by atoms with E-state index in [1.54, 1.807) is 0 Å². The molecule has 0 saturated carbocycles. The standard InChI is InChI=1S/C25H30N2O2/c1-2-28-25-24-22(16-9-17-23(24)29-27-25)26-18-10-15-21(19-11-5-3-6-12-19)20-13-7-4-8-14-20/h3-8,11-14,21-22,26H,2,9-10,15-18H2,1H3. The highest BCUT2D eigenvalue weighted by Gasteiger charge is 2.29. The maximum Gasteiger partial charge on any atom is 0.259 e. The Bertz CT molecular complexity index is 837. The van der Waals surface area contributed by atoms with Crippen molar-refractivity contribution < 1.29 is 9.26 Å². The van der Waals surface area contributed by atoms with Crippen molar-refractivity contribution in [2.75, 3.05) is 13.2 Å². The summed E-state index contributed by atoms with van der Waals surface area (Å²) in [6, 6.07) is 21.9. The minimum Gasteiger partial charge on any atom is -0.476 e. The van der Waals surface area contributed by atoms with Crippen LogP contribution in [0.25, 0.3) is 0 Å². The highest BCUT2D eigenvalue weighted by Crippen LogP contribution is 2.36. The lowest BCUT2D eigenvalue weighted by molar-refractivity contribution is 0.289. The van der Waals surface area contributed by atoms with Crippen LogP contribution in [0.15, 0.2) is 65.2 Å². The van der Waals surface area contributed by atoms with E-state index in [0.29, 0.717) is 18.4 Å². The van der Waals surface area contributed by atoms with Gasteiger partial charge in [-0.25, -0.2) is 0 Å². The molecular formula is C25H30N2O2. The van der Waals surface area contributed by atoms with Gasteiger partial charge in [0.25, 0.3) is 5.88 Å². The number of rotatable bonds is 9. The van der Waals surface area contributed by atoms with E-state index in [2.05, 4.69) is 71.1 Å². The van der Waals surface area contributed by atoms with Gasteiger partial charge in [-0.2, -0.15) is 0 Å². The zero-order valence-corrected chi connectivity index (χ0v) is 17.1. The van der Waals surface area contributed by atoms with Crippen LogP contribution < -0.4 is 10.1 Å². The second-order valence-corrected chi connectivity index (χ2v) is 7.67. The molecule has 0 saturated heterocycles. The molecule has 1 heterocycles. The van der Waals surface area contributed by atoms with E-state index in [1.165, 1.54) is 11.1 Å². The average molecular weight is 391 g/mol. The Labute approximate surface area is 173 Å². The van der Waals surface area contributed by atoms with Crippen molar-refractivity contribution in [1.82, 2.24) is 10.5 Å². The largest absolute Gasteiger partial charge is 0.476 e. The molecule has 2 aromatic carbocycles. The number of nitrogens with one attached hydrogen (secondary N) is 1. The summed E-state index contributed by atoms with van der Waals surface area (Å²) in [7, 11) is 0. The predicted octanol–water partition coefficient (Wildman–Crippen LogP) is 5.65. The minimum absolute atomic E-state index is 0.276. The fourth-order valence-electron chi connectivity index (χ4n) is 4.37. The summed E-state index contributed by atoms with van der Waals surface area (Å²) in [6.07, 6.45) is 5.41. The monoisotopic (exact) mass is 390 g/mol. The summed E-state index contributed by atoms with van der Waals surface area (Å²) in [5.41, 5.74) is 3.91. The highest BCUT2D eigenvalue weighted by molar-refractivity contribution is 5.34. The Morgan fingerprint density at radius 1 is 1.07 bits per heavy atom. The Balaban J connectivity index is 1.39. The molecule has 0 radical (unpaired) electrons. The van der Waals surface area contributed by atoms with Gasteiger partial charge in [0.05, 0.1) is 12.2 Å². The molecule has 3 aromatic rings. The summed E-state index contributed by atoms with van der Waals surface area (Å²) < 4.78 is 11.2. The first-order valence-electron chi connectivity index (χ1n) is 10.8. The van der Waals surface area contributed by atoms with Crippen molar-refractivity contribution in [3.8, 4) is 5.88 Å². The molecule has 4 rings (SSSR count). The first kappa shape index (κ1) is 19.7. The van der Waals surface area contributed by atoms with Gasteiger partial charge in [-0.3, -0.25) is 0 Å². The SMILES string of the molecule is CCOc1noc2c1C(NCCCC(c1ccccc1)c1ccccc1)CCC2. The molecule has 0 spiro atoms. The highest BCUT2D eigenvalue weighted by atomic mass is 16.5. The number of benzene rings is 2. The van der Waals surface area contributed by atoms with Crippen molar-refractivity contribution in [1.29, 1.82) is 0 Å². The third-order valence-corrected chi connectivity index (χ3v) is 5.76. The number of fused-ring (bicyclic) bond motifs is 1. The van der Waals surface area contributed by atoms with Crippen molar-refractivity contribution in [3.63, 3.8) is 0 Å². The Morgan fingerprint density at radius 3 is 2.41 bits per heavy atom. The Hall–Kier alpha value is -2.59. The molecule has 1 aliphatic rings. The average Bonchev–Trinajstić information content (AvgIpc) is 3.19. The van der Waals surface area contributed by atoms with E-state index in [4.69, 9.17) is 9.26 Å². The van der Waals surface area contributed by atoms with Gasteiger partial charge in [0, 0.05) is 18.4 Å². The smallest absolute Gasteiger partial charge is 0.259 e. The molecule has 1 aliphatic carbocycles. The van der Waals surface area contributed by atoms with Crippen LogP contribution in [0.3, 0.4) is 0 Å². The molecule has 1 aromatic heterocycles. The number of nitrogens with zero attached hydrogens (tertiary/aromatic N) is 1. The molecule has 0 aliphatic heterocycles. The number of hydrogen-bond acceptors (Lipinski definition) is 4. The van der Waals surface area contributed by atoms with Crippen LogP contribution >= 0.6 is 0 Å². The van der Waals surface area contributed by atoms with E-state index in [1.807, 2.05) is 6.92 Å². The lowest BCUT2D eigenvalue weighted by atomic mass is 9.87. The second-order valence-electron chi connectivity index (χ2n) is 7.67. The van der Waals surface area contributed by atoms with Crippen LogP contribution in [0.2, 0.25) is 0 Å². The minimum atomic E-state index is 0.276. The first-order chi connectivity index (χ1) is 14.4. The van der Waals surface area contributed by atoms with Crippen LogP contribution in [0.5, 0.6) is 5.88 Å². The normalized spacial score (nSPS) is 16.0. The van der Waals surface area contributed by atoms with Crippen LogP contribution in [0.1, 0.15) is 67.0 Å². The molecule has 1 atom stereocenters. The number of hydrogen-bond donors (Lipinski definition) is 1. The summed E-state index contributed by atoms with van der Waals surface area (Å²) in [5, 5.41) is 7.88. The van der Waals surface area contributed by atoms with E-state index < -0.39 is 0 Å². The quantitative estimate of drug-likeness (QED) is 0.479. The number of aryl methyl sites for hydroxylation is 1. The Kier molecular flexibility index (Phi) is 6.63. The van der Waals surface area contributed by atoms with Gasteiger partial charge in [0.15, 0.2) is 0 Å². The predicted molar refractivity (Wildman–Crippen MR) is 115 cm³/mol. The van der Waals surface area contributed by atoms with Gasteiger partial charge in [-0.05, 0) is 55.4 Å². The van der Waals surface area contributed by atoms with Gasteiger partial charge in [0.1, 0.15) is 5.76 Å². The fourth-order valence-corrected chi connectivity index (χ4v) is 4.37. The molecule has 0 bridgehead atoms. The van der Waals surface area contributed by atoms with Crippen molar-refractivity contribution in [2.45, 2.75) is 51.0 Å². The molecule has 0 amide bonds. The van der Waals surface area contributed by atoms with Crippen molar-refractivity contribution in [2.24, 2.45) is 0 Å². The molecule has 1 N–H and O–H groups in total. The van der Waals surface area contributed by atoms with Crippen LogP contribution in [-0.4, -0.2) is 18.3 Å². The van der Waals surface area contributed by atoms with E-state index >= 15 is 0 Å². The summed E-state index contributed by atoms with van der Waals surface area (Å²) >= 11 is 0. The fraction of sp³-hybridized carbons (Fsp3) is 0.400. The third kappa shape index (κ3) is 4.70. The maximum absolute atomic E-state index is 5.69. The molecule has 0 fully saturated rings. The van der Waals surface area contributed by atoms with Crippen molar-refractivity contribution in [3.05, 3.63) is 83.1 Å². The maximum atomic E-state index is 5.69. The van der Waals surface area contributed by atoms with Crippen LogP contribution in [-0.2, 0) is 6.42 Å². The van der Waals surface area contributed by atoms with E-state index in [0.717, 1.165) is 50.0 Å². The zero-order valence-electron chi connectivity index (χ0n) is 17.1. The van der Waals surface area contributed by atoms with Crippen LogP contribution in [0.4, 0.5) is 0 Å². The molecule has 1 unspecified atom stereocenters. The van der Waals surface area contributed by atoms with E-state index in [9.17, 15) is 0 Å². The van der Waals surface area contributed by atoms with E-state index in [-0.39, 0.29) is 6.04 Å². The molecule has 29 heavy (non-hydrogen) atoms. The molecule has 4 nitrogen and oxygen atoms in total. The first-order valence-corrected chi connectivity index (χ1v) is 10.8. The summed E-state index contributed by atoms with van der Waals surface area (Å²) in [6.45, 7) is 3.57. The zero-order chi connectivity index (χ0) is 19.9. The number of aromatic nitrogens is 1. The lowest BCUT2D eigenvalue weighted by Gasteiger charge is -2.24. The van der Waals surface area contributed by atoms with Gasteiger partial charge >= 0.3 is 0 Å². The second kappa shape index (κ2) is 9.75. The molecular weight excluding hydrogens is 360 g/mol. The lowest BCUT2D eigenvalue weighted by Crippen LogP contribution is -2.26. The topological polar surface area (TPSA) is 47.3 Å². The van der Waals surface area contributed by atoms with Gasteiger partial charge < -0.3 is 14.6 Å². The Morgan fingerprint density at radius 2 is 1.76 bits per heavy atom.